The second kappa shape index (κ2) is 9.54. The lowest BCUT2D eigenvalue weighted by atomic mass is 10.00. The van der Waals surface area contributed by atoms with Gasteiger partial charge in [-0.05, 0) is 61.7 Å². The van der Waals surface area contributed by atoms with Gasteiger partial charge in [-0.25, -0.2) is 8.42 Å². The summed E-state index contributed by atoms with van der Waals surface area (Å²) in [6.07, 6.45) is 0.593. The molecule has 36 heavy (non-hydrogen) atoms. The van der Waals surface area contributed by atoms with Crippen molar-refractivity contribution in [3.63, 3.8) is 0 Å². The molecule has 0 bridgehead atoms. The van der Waals surface area contributed by atoms with Crippen LogP contribution < -0.4 is 5.32 Å². The Morgan fingerprint density at radius 1 is 1.03 bits per heavy atom. The lowest BCUT2D eigenvalue weighted by Crippen LogP contribution is -2.36. The molecule has 0 aliphatic carbocycles. The third-order valence-electron chi connectivity index (χ3n) is 6.32. The topological polar surface area (TPSA) is 92.5 Å². The number of sulfonamides is 1. The first-order valence-corrected chi connectivity index (χ1v) is 13.3. The Hall–Kier alpha value is -3.46. The van der Waals surface area contributed by atoms with E-state index >= 15 is 0 Å². The van der Waals surface area contributed by atoms with Crippen LogP contribution in [0.1, 0.15) is 32.8 Å². The number of nitrogens with one attached hydrogen (secondary N) is 1. The number of aromatic nitrogens is 1. The number of amides is 1. The van der Waals surface area contributed by atoms with Crippen LogP contribution in [-0.2, 0) is 23.0 Å². The molecule has 1 N–H and O–H groups in total. The fourth-order valence-electron chi connectivity index (χ4n) is 4.34. The van der Waals surface area contributed by atoms with Crippen LogP contribution >= 0.6 is 11.6 Å². The molecule has 0 fully saturated rings. The number of halogens is 1. The summed E-state index contributed by atoms with van der Waals surface area (Å²) >= 11 is 6.32. The molecule has 0 atom stereocenters. The molecule has 184 valence electrons. The second-order valence-electron chi connectivity index (χ2n) is 8.78. The van der Waals surface area contributed by atoms with Gasteiger partial charge in [-0.1, -0.05) is 58.7 Å². The molecule has 0 spiro atoms. The maximum Gasteiger partial charge on any atom is 0.261 e. The number of rotatable bonds is 5. The van der Waals surface area contributed by atoms with Crippen molar-refractivity contribution in [1.29, 1.82) is 0 Å². The van der Waals surface area contributed by atoms with E-state index in [9.17, 15) is 13.2 Å². The number of hydrogen-bond acceptors (Lipinski definition) is 5. The third-order valence-corrected chi connectivity index (χ3v) is 8.51. The summed E-state index contributed by atoms with van der Waals surface area (Å²) in [5.74, 6) is -0.0145. The molecule has 0 saturated carbocycles. The minimum Gasteiger partial charge on any atom is -0.360 e. The minimum absolute atomic E-state index is 0.229. The van der Waals surface area contributed by atoms with E-state index in [0.29, 0.717) is 46.3 Å². The summed E-state index contributed by atoms with van der Waals surface area (Å²) in [5.41, 5.74) is 4.72. The van der Waals surface area contributed by atoms with Crippen LogP contribution in [0.3, 0.4) is 0 Å². The van der Waals surface area contributed by atoms with Gasteiger partial charge in [-0.3, -0.25) is 4.79 Å². The quantitative estimate of drug-likeness (QED) is 0.368. The Morgan fingerprint density at radius 2 is 1.78 bits per heavy atom. The maximum atomic E-state index is 13.2. The number of carbonyl (C=O) groups is 1. The molecule has 7 nitrogen and oxygen atoms in total. The van der Waals surface area contributed by atoms with E-state index in [-0.39, 0.29) is 17.3 Å². The van der Waals surface area contributed by atoms with Crippen molar-refractivity contribution in [3.8, 4) is 11.3 Å². The first kappa shape index (κ1) is 24.2. The smallest absolute Gasteiger partial charge is 0.261 e. The fraction of sp³-hybridized carbons (Fsp3) is 0.185. The number of benzene rings is 3. The largest absolute Gasteiger partial charge is 0.360 e. The van der Waals surface area contributed by atoms with E-state index in [1.807, 2.05) is 31.2 Å². The van der Waals surface area contributed by atoms with Crippen molar-refractivity contribution >= 4 is 33.2 Å². The molecule has 2 heterocycles. The molecular formula is C27H24ClN3O4S. The lowest BCUT2D eigenvalue weighted by Gasteiger charge is -2.28. The highest BCUT2D eigenvalue weighted by atomic mass is 35.5. The van der Waals surface area contributed by atoms with Crippen LogP contribution in [0.4, 0.5) is 5.69 Å². The van der Waals surface area contributed by atoms with Gasteiger partial charge in [0, 0.05) is 24.3 Å². The molecule has 0 unspecified atom stereocenters. The van der Waals surface area contributed by atoms with Crippen molar-refractivity contribution in [1.82, 2.24) is 9.46 Å². The van der Waals surface area contributed by atoms with Crippen LogP contribution in [0.25, 0.3) is 11.3 Å². The van der Waals surface area contributed by atoms with E-state index in [1.165, 1.54) is 4.31 Å². The molecular weight excluding hydrogens is 498 g/mol. The molecule has 0 saturated heterocycles. The Balaban J connectivity index is 1.39. The van der Waals surface area contributed by atoms with E-state index in [1.54, 1.807) is 49.4 Å². The Bertz CT molecular complexity index is 1560. The summed E-state index contributed by atoms with van der Waals surface area (Å²) in [6.45, 7) is 4.22. The van der Waals surface area contributed by atoms with Gasteiger partial charge in [-0.2, -0.15) is 4.31 Å². The van der Waals surface area contributed by atoms with Gasteiger partial charge in [0.15, 0.2) is 0 Å². The normalized spacial score (nSPS) is 13.9. The first-order chi connectivity index (χ1) is 17.2. The zero-order valence-corrected chi connectivity index (χ0v) is 21.4. The number of fused-ring (bicyclic) bond motifs is 1. The van der Waals surface area contributed by atoms with Crippen LogP contribution in [0.2, 0.25) is 5.02 Å². The van der Waals surface area contributed by atoms with Gasteiger partial charge in [0.25, 0.3) is 5.91 Å². The molecule has 1 amide bonds. The highest BCUT2D eigenvalue weighted by Gasteiger charge is 2.29. The van der Waals surface area contributed by atoms with Gasteiger partial charge in [0.2, 0.25) is 10.0 Å². The van der Waals surface area contributed by atoms with Crippen molar-refractivity contribution in [3.05, 3.63) is 99.8 Å². The summed E-state index contributed by atoms with van der Waals surface area (Å²) in [5, 5.41) is 7.43. The first-order valence-electron chi connectivity index (χ1n) is 11.4. The van der Waals surface area contributed by atoms with Crippen LogP contribution in [-0.4, -0.2) is 30.3 Å². The SMILES string of the molecule is Cc1ccc(S(=O)(=O)N2CCc3ccc(NC(=O)c4c(-c5ccccc5Cl)noc4C)cc3C2)cc1. The van der Waals surface area contributed by atoms with E-state index in [4.69, 9.17) is 16.1 Å². The van der Waals surface area contributed by atoms with Crippen LogP contribution in [0.5, 0.6) is 0 Å². The molecule has 9 heteroatoms. The predicted octanol–water partition coefficient (Wildman–Crippen LogP) is 5.61. The zero-order chi connectivity index (χ0) is 25.4. The number of aryl methyl sites for hydroxylation is 2. The molecule has 1 aromatic heterocycles. The predicted molar refractivity (Wildman–Crippen MR) is 139 cm³/mol. The Labute approximate surface area is 214 Å². The average Bonchev–Trinajstić information content (AvgIpc) is 3.25. The summed E-state index contributed by atoms with van der Waals surface area (Å²) < 4.78 is 33.2. The highest BCUT2D eigenvalue weighted by Crippen LogP contribution is 2.32. The third kappa shape index (κ3) is 4.55. The second-order valence-corrected chi connectivity index (χ2v) is 11.1. The molecule has 3 aromatic carbocycles. The molecule has 1 aliphatic rings. The number of carbonyl (C=O) groups excluding carboxylic acids is 1. The van der Waals surface area contributed by atoms with Gasteiger partial charge in [-0.15, -0.1) is 0 Å². The number of hydrogen-bond donors (Lipinski definition) is 1. The molecule has 5 rings (SSSR count). The Morgan fingerprint density at radius 3 is 2.53 bits per heavy atom. The molecule has 1 aliphatic heterocycles. The van der Waals surface area contributed by atoms with Crippen molar-refractivity contribution in [2.45, 2.75) is 31.7 Å². The van der Waals surface area contributed by atoms with E-state index in [2.05, 4.69) is 10.5 Å². The van der Waals surface area contributed by atoms with Gasteiger partial charge >= 0.3 is 0 Å². The average molecular weight is 522 g/mol. The summed E-state index contributed by atoms with van der Waals surface area (Å²) in [6, 6.07) is 19.5. The van der Waals surface area contributed by atoms with Gasteiger partial charge < -0.3 is 9.84 Å². The van der Waals surface area contributed by atoms with Crippen LogP contribution in [0.15, 0.2) is 76.1 Å². The van der Waals surface area contributed by atoms with Crippen LogP contribution in [0, 0.1) is 13.8 Å². The summed E-state index contributed by atoms with van der Waals surface area (Å²) in [4.78, 5) is 13.5. The number of nitrogens with zero attached hydrogens (tertiary/aromatic N) is 2. The molecule has 4 aromatic rings. The Kier molecular flexibility index (Phi) is 6.42. The highest BCUT2D eigenvalue weighted by molar-refractivity contribution is 7.89. The lowest BCUT2D eigenvalue weighted by molar-refractivity contribution is 0.102. The van der Waals surface area contributed by atoms with Crippen molar-refractivity contribution in [2.75, 3.05) is 11.9 Å². The van der Waals surface area contributed by atoms with Gasteiger partial charge in [0.05, 0.1) is 9.92 Å². The maximum absolute atomic E-state index is 13.2. The standard InChI is InChI=1S/C27H24ClN3O4S/c1-17-7-11-22(12-8-17)36(33,34)31-14-13-19-9-10-21(15-20(19)16-31)29-27(32)25-18(2)35-30-26(25)23-5-3-4-6-24(23)28/h3-12,15H,13-14,16H2,1-2H3,(H,29,32). The number of anilines is 1. The van der Waals surface area contributed by atoms with E-state index < -0.39 is 10.0 Å². The zero-order valence-electron chi connectivity index (χ0n) is 19.8. The summed E-state index contributed by atoms with van der Waals surface area (Å²) in [7, 11) is -3.63. The van der Waals surface area contributed by atoms with Gasteiger partial charge in [0.1, 0.15) is 17.0 Å². The monoisotopic (exact) mass is 521 g/mol. The minimum atomic E-state index is -3.63. The van der Waals surface area contributed by atoms with E-state index in [0.717, 1.165) is 16.7 Å². The fourth-order valence-corrected chi connectivity index (χ4v) is 5.99. The molecule has 0 radical (unpaired) electrons. The van der Waals surface area contributed by atoms with Crippen molar-refractivity contribution < 1.29 is 17.7 Å². The van der Waals surface area contributed by atoms with Crippen molar-refractivity contribution in [2.24, 2.45) is 0 Å².